The Morgan fingerprint density at radius 3 is 2.94 bits per heavy atom. The van der Waals surface area contributed by atoms with Crippen molar-refractivity contribution >= 4 is 33.7 Å². The summed E-state index contributed by atoms with van der Waals surface area (Å²) < 4.78 is 14.5. The van der Waals surface area contributed by atoms with Crippen molar-refractivity contribution in [3.8, 4) is 0 Å². The van der Waals surface area contributed by atoms with E-state index in [1.54, 1.807) is 19.1 Å². The third-order valence-corrected chi connectivity index (χ3v) is 4.64. The van der Waals surface area contributed by atoms with Gasteiger partial charge >= 0.3 is 5.97 Å². The fourth-order valence-corrected chi connectivity index (χ4v) is 3.44. The molecule has 1 unspecified atom stereocenters. The predicted molar refractivity (Wildman–Crippen MR) is 68.5 cm³/mol. The lowest BCUT2D eigenvalue weighted by atomic mass is 10.1. The molecule has 0 aromatic heterocycles. The van der Waals surface area contributed by atoms with Gasteiger partial charge in [-0.05, 0) is 19.1 Å². The average molecular weight is 320 g/mol. The fraction of sp³-hybridized carbons (Fsp3) is 0.364. The smallest absolute Gasteiger partial charge is 0.321 e. The van der Waals surface area contributed by atoms with E-state index in [1.807, 2.05) is 0 Å². The van der Waals surface area contributed by atoms with Crippen LogP contribution in [0.15, 0.2) is 22.7 Å². The molecule has 92 valence electrons. The van der Waals surface area contributed by atoms with Crippen molar-refractivity contribution in [2.75, 3.05) is 5.75 Å². The van der Waals surface area contributed by atoms with E-state index in [9.17, 15) is 9.18 Å². The van der Waals surface area contributed by atoms with Crippen molar-refractivity contribution in [2.45, 2.75) is 17.8 Å². The molecule has 0 bridgehead atoms. The van der Waals surface area contributed by atoms with E-state index in [-0.39, 0.29) is 5.82 Å². The number of carboxylic acids is 1. The lowest BCUT2D eigenvalue weighted by Crippen LogP contribution is -2.41. The molecule has 1 aliphatic rings. The van der Waals surface area contributed by atoms with Crippen LogP contribution in [0.4, 0.5) is 4.39 Å². The first-order valence-corrected chi connectivity index (χ1v) is 6.80. The molecular weight excluding hydrogens is 309 g/mol. The van der Waals surface area contributed by atoms with Crippen molar-refractivity contribution < 1.29 is 14.3 Å². The van der Waals surface area contributed by atoms with Crippen LogP contribution < -0.4 is 5.32 Å². The minimum Gasteiger partial charge on any atom is -0.480 e. The minimum atomic E-state index is -0.904. The number of thioether (sulfide) groups is 1. The Balaban J connectivity index is 2.31. The molecule has 1 aliphatic heterocycles. The maximum atomic E-state index is 13.8. The first-order valence-electron chi connectivity index (χ1n) is 5.02. The second-order valence-corrected chi connectivity index (χ2v) is 6.36. The Morgan fingerprint density at radius 1 is 1.71 bits per heavy atom. The summed E-state index contributed by atoms with van der Waals surface area (Å²) in [6.45, 7) is 1.80. The van der Waals surface area contributed by atoms with E-state index in [2.05, 4.69) is 21.2 Å². The molecule has 0 saturated carbocycles. The van der Waals surface area contributed by atoms with E-state index in [0.717, 1.165) is 0 Å². The van der Waals surface area contributed by atoms with Gasteiger partial charge in [-0.25, -0.2) is 4.39 Å². The van der Waals surface area contributed by atoms with Gasteiger partial charge in [0, 0.05) is 15.8 Å². The Labute approximate surface area is 111 Å². The molecule has 6 heteroatoms. The largest absolute Gasteiger partial charge is 0.480 e. The molecule has 3 nitrogen and oxygen atoms in total. The van der Waals surface area contributed by atoms with Crippen LogP contribution in [0.1, 0.15) is 12.5 Å². The van der Waals surface area contributed by atoms with Crippen molar-refractivity contribution in [3.63, 3.8) is 0 Å². The van der Waals surface area contributed by atoms with Crippen LogP contribution in [0.3, 0.4) is 0 Å². The standard InChI is InChI=1S/C11H11BrFNO2S/c1-11(14-9(5-17-11)10(15)16)7-3-2-6(12)4-8(7)13/h2-4,9,14H,5H2,1H3,(H,15,16)/t9-,11?/m0/s1. The number of aliphatic carboxylic acids is 1. The summed E-state index contributed by atoms with van der Waals surface area (Å²) in [5.41, 5.74) is 0.481. The first kappa shape index (κ1) is 12.9. The minimum absolute atomic E-state index is 0.340. The molecule has 2 atom stereocenters. The van der Waals surface area contributed by atoms with Crippen molar-refractivity contribution in [1.29, 1.82) is 0 Å². The van der Waals surface area contributed by atoms with Crippen LogP contribution in [-0.2, 0) is 9.67 Å². The highest BCUT2D eigenvalue weighted by molar-refractivity contribution is 9.10. The summed E-state index contributed by atoms with van der Waals surface area (Å²) in [7, 11) is 0. The lowest BCUT2D eigenvalue weighted by molar-refractivity contribution is -0.138. The molecule has 17 heavy (non-hydrogen) atoms. The molecule has 0 amide bonds. The normalized spacial score (nSPS) is 28.3. The van der Waals surface area contributed by atoms with Crippen LogP contribution in [0.25, 0.3) is 0 Å². The Morgan fingerprint density at radius 2 is 2.41 bits per heavy atom. The summed E-state index contributed by atoms with van der Waals surface area (Å²) >= 11 is 4.60. The van der Waals surface area contributed by atoms with E-state index in [4.69, 9.17) is 5.11 Å². The average Bonchev–Trinajstić information content (AvgIpc) is 2.61. The highest BCUT2D eigenvalue weighted by Crippen LogP contribution is 2.40. The molecule has 1 aromatic carbocycles. The Kier molecular flexibility index (Phi) is 3.47. The zero-order valence-corrected chi connectivity index (χ0v) is 11.4. The quantitative estimate of drug-likeness (QED) is 0.879. The SMILES string of the molecule is CC1(c2ccc(Br)cc2F)N[C@H](C(=O)O)CS1. The number of hydrogen-bond acceptors (Lipinski definition) is 3. The number of carbonyl (C=O) groups is 1. The summed E-state index contributed by atoms with van der Waals surface area (Å²) in [6.07, 6.45) is 0. The number of nitrogens with one attached hydrogen (secondary N) is 1. The van der Waals surface area contributed by atoms with E-state index < -0.39 is 16.9 Å². The second kappa shape index (κ2) is 4.59. The third kappa shape index (κ3) is 2.48. The molecule has 2 rings (SSSR count). The van der Waals surface area contributed by atoms with Gasteiger partial charge in [0.1, 0.15) is 11.9 Å². The molecule has 0 radical (unpaired) electrons. The maximum Gasteiger partial charge on any atom is 0.321 e. The zero-order chi connectivity index (χ0) is 12.6. The van der Waals surface area contributed by atoms with E-state index >= 15 is 0 Å². The van der Waals surface area contributed by atoms with Crippen molar-refractivity contribution in [3.05, 3.63) is 34.1 Å². The third-order valence-electron chi connectivity index (χ3n) is 2.73. The lowest BCUT2D eigenvalue weighted by Gasteiger charge is -2.25. The van der Waals surface area contributed by atoms with Gasteiger partial charge in [0.05, 0.1) is 4.87 Å². The molecule has 0 spiro atoms. The molecule has 0 aliphatic carbocycles. The highest BCUT2D eigenvalue weighted by atomic mass is 79.9. The van der Waals surface area contributed by atoms with Crippen LogP contribution >= 0.6 is 27.7 Å². The van der Waals surface area contributed by atoms with Crippen molar-refractivity contribution in [1.82, 2.24) is 5.32 Å². The van der Waals surface area contributed by atoms with Gasteiger partial charge in [-0.15, -0.1) is 11.8 Å². The number of carboxylic acid groups (broad SMARTS) is 1. The van der Waals surface area contributed by atoms with Gasteiger partial charge in [-0.2, -0.15) is 0 Å². The molecule has 1 fully saturated rings. The maximum absolute atomic E-state index is 13.8. The molecular formula is C11H11BrFNO2S. The Bertz CT molecular complexity index is 471. The summed E-state index contributed by atoms with van der Waals surface area (Å²) in [5.74, 6) is -0.812. The Hall–Kier alpha value is -0.590. The molecule has 1 aromatic rings. The van der Waals surface area contributed by atoms with Crippen LogP contribution in [0, 0.1) is 5.82 Å². The van der Waals surface area contributed by atoms with E-state index in [1.165, 1.54) is 17.8 Å². The molecule has 1 saturated heterocycles. The summed E-state index contributed by atoms with van der Waals surface area (Å²) in [4.78, 5) is 10.2. The summed E-state index contributed by atoms with van der Waals surface area (Å²) in [5, 5.41) is 11.9. The predicted octanol–water partition coefficient (Wildman–Crippen LogP) is 2.55. The van der Waals surface area contributed by atoms with Crippen LogP contribution in [-0.4, -0.2) is 22.9 Å². The van der Waals surface area contributed by atoms with Gasteiger partial charge in [-0.3, -0.25) is 10.1 Å². The number of hydrogen-bond donors (Lipinski definition) is 2. The molecule has 2 N–H and O–H groups in total. The highest BCUT2D eigenvalue weighted by Gasteiger charge is 2.41. The van der Waals surface area contributed by atoms with Gasteiger partial charge in [0.15, 0.2) is 0 Å². The van der Waals surface area contributed by atoms with Crippen LogP contribution in [0.2, 0.25) is 0 Å². The second-order valence-electron chi connectivity index (χ2n) is 4.00. The van der Waals surface area contributed by atoms with Gasteiger partial charge in [0.25, 0.3) is 0 Å². The fourth-order valence-electron chi connectivity index (χ4n) is 1.83. The number of rotatable bonds is 2. The van der Waals surface area contributed by atoms with E-state index in [0.29, 0.717) is 15.8 Å². The molecule has 1 heterocycles. The van der Waals surface area contributed by atoms with Crippen LogP contribution in [0.5, 0.6) is 0 Å². The monoisotopic (exact) mass is 319 g/mol. The van der Waals surface area contributed by atoms with Crippen molar-refractivity contribution in [2.24, 2.45) is 0 Å². The van der Waals surface area contributed by atoms with Gasteiger partial charge < -0.3 is 5.11 Å². The first-order chi connectivity index (χ1) is 7.92. The summed E-state index contributed by atoms with van der Waals surface area (Å²) in [6, 6.07) is 4.17. The number of halogens is 2. The van der Waals surface area contributed by atoms with Gasteiger partial charge in [-0.1, -0.05) is 22.0 Å². The topological polar surface area (TPSA) is 49.3 Å². The van der Waals surface area contributed by atoms with Gasteiger partial charge in [0.2, 0.25) is 0 Å². The zero-order valence-electron chi connectivity index (χ0n) is 9.04. The number of benzene rings is 1.